The molecule has 20 heavy (non-hydrogen) atoms. The van der Waals surface area contributed by atoms with Crippen molar-refractivity contribution in [2.24, 2.45) is 0 Å². The van der Waals surface area contributed by atoms with Gasteiger partial charge in [0.2, 0.25) is 0 Å². The van der Waals surface area contributed by atoms with Gasteiger partial charge in [-0.05, 0) is 30.7 Å². The largest absolute Gasteiger partial charge is 0.348 e. The smallest absolute Gasteiger partial charge is 0.261 e. The lowest BCUT2D eigenvalue weighted by atomic mass is 9.81. The maximum Gasteiger partial charge on any atom is 0.261 e. The molecule has 0 spiro atoms. The number of thiophene rings is 1. The highest BCUT2D eigenvalue weighted by Gasteiger charge is 2.48. The van der Waals surface area contributed by atoms with Crippen LogP contribution in [-0.2, 0) is 0 Å². The van der Waals surface area contributed by atoms with Gasteiger partial charge in [-0.15, -0.1) is 11.3 Å². The maximum atomic E-state index is 12.2. The van der Waals surface area contributed by atoms with Crippen LogP contribution >= 0.6 is 11.3 Å². The van der Waals surface area contributed by atoms with E-state index in [0.29, 0.717) is 6.04 Å². The van der Waals surface area contributed by atoms with E-state index in [9.17, 15) is 4.79 Å². The lowest BCUT2D eigenvalue weighted by Gasteiger charge is -2.46. The van der Waals surface area contributed by atoms with Crippen LogP contribution in [0.3, 0.4) is 0 Å². The Hall–Kier alpha value is -0.870. The molecule has 4 atom stereocenters. The summed E-state index contributed by atoms with van der Waals surface area (Å²) in [6.45, 7) is 0. The van der Waals surface area contributed by atoms with Crippen LogP contribution in [0.25, 0.3) is 0 Å². The number of rotatable bonds is 3. The third-order valence-corrected chi connectivity index (χ3v) is 6.18. The van der Waals surface area contributed by atoms with Crippen molar-refractivity contribution in [1.29, 1.82) is 0 Å². The summed E-state index contributed by atoms with van der Waals surface area (Å²) in [6, 6.07) is 6.86. The topological polar surface area (TPSA) is 33.5 Å². The van der Waals surface area contributed by atoms with Crippen LogP contribution in [0.15, 0.2) is 17.5 Å². The Kier molecular flexibility index (Phi) is 3.31. The summed E-state index contributed by atoms with van der Waals surface area (Å²) in [5.74, 6) is 0.137. The number of fused-ring (bicyclic) bond motifs is 2. The molecule has 1 amide bonds. The highest BCUT2D eigenvalue weighted by molar-refractivity contribution is 7.12. The Morgan fingerprint density at radius 1 is 1.15 bits per heavy atom. The van der Waals surface area contributed by atoms with Gasteiger partial charge in [0, 0.05) is 31.7 Å². The average molecular weight is 291 g/mol. The second kappa shape index (κ2) is 5.15. The molecule has 2 unspecified atom stereocenters. The predicted molar refractivity (Wildman–Crippen MR) is 80.2 cm³/mol. The van der Waals surface area contributed by atoms with E-state index in [1.54, 1.807) is 0 Å². The van der Waals surface area contributed by atoms with Crippen molar-refractivity contribution in [3.8, 4) is 0 Å². The summed E-state index contributed by atoms with van der Waals surface area (Å²) < 4.78 is 0. The second-order valence-corrected chi connectivity index (χ2v) is 7.67. The normalized spacial score (nSPS) is 36.6. The van der Waals surface area contributed by atoms with Crippen molar-refractivity contribution >= 4 is 17.2 Å². The van der Waals surface area contributed by atoms with Crippen LogP contribution in [0.4, 0.5) is 0 Å². The zero-order valence-electron chi connectivity index (χ0n) is 11.8. The molecular weight excluding hydrogens is 268 g/mol. The number of piperidine rings is 2. The van der Waals surface area contributed by atoms with E-state index < -0.39 is 0 Å². The van der Waals surface area contributed by atoms with Gasteiger partial charge in [-0.25, -0.2) is 0 Å². The van der Waals surface area contributed by atoms with Gasteiger partial charge < -0.3 is 10.2 Å². The molecule has 1 aromatic rings. The lowest BCUT2D eigenvalue weighted by molar-refractivity contribution is -0.971. The van der Waals surface area contributed by atoms with Gasteiger partial charge in [0.25, 0.3) is 5.91 Å². The molecule has 2 saturated heterocycles. The number of carbonyl (C=O) groups excluding carboxylic acids is 1. The lowest BCUT2D eigenvalue weighted by Crippen LogP contribution is -3.22. The van der Waals surface area contributed by atoms with Gasteiger partial charge in [0.1, 0.15) is 0 Å². The van der Waals surface area contributed by atoms with Crippen LogP contribution in [0.2, 0.25) is 0 Å². The molecule has 3 aliphatic rings. The molecule has 0 radical (unpaired) electrons. The zero-order chi connectivity index (χ0) is 13.5. The van der Waals surface area contributed by atoms with E-state index in [4.69, 9.17) is 0 Å². The third-order valence-electron chi connectivity index (χ3n) is 5.31. The summed E-state index contributed by atoms with van der Waals surface area (Å²) in [4.78, 5) is 15.0. The first-order valence-corrected chi connectivity index (χ1v) is 8.90. The molecule has 2 aliphatic heterocycles. The van der Waals surface area contributed by atoms with E-state index >= 15 is 0 Å². The third kappa shape index (κ3) is 2.40. The first-order valence-electron chi connectivity index (χ1n) is 8.02. The van der Waals surface area contributed by atoms with E-state index in [-0.39, 0.29) is 5.91 Å². The number of carbonyl (C=O) groups is 1. The minimum atomic E-state index is 0.137. The summed E-state index contributed by atoms with van der Waals surface area (Å²) in [5, 5.41) is 5.26. The molecule has 1 aliphatic carbocycles. The predicted octanol–water partition coefficient (Wildman–Crippen LogP) is 1.61. The first-order chi connectivity index (χ1) is 9.81. The Balaban J connectivity index is 1.42. The Labute approximate surface area is 124 Å². The number of amides is 1. The van der Waals surface area contributed by atoms with Crippen LogP contribution in [-0.4, -0.2) is 30.1 Å². The minimum Gasteiger partial charge on any atom is -0.348 e. The molecule has 2 bridgehead atoms. The first kappa shape index (κ1) is 12.8. The van der Waals surface area contributed by atoms with Gasteiger partial charge in [-0.1, -0.05) is 6.07 Å². The monoisotopic (exact) mass is 291 g/mol. The van der Waals surface area contributed by atoms with Gasteiger partial charge >= 0.3 is 0 Å². The Morgan fingerprint density at radius 2 is 1.90 bits per heavy atom. The fourth-order valence-electron chi connectivity index (χ4n) is 4.43. The highest BCUT2D eigenvalue weighted by Crippen LogP contribution is 2.27. The molecule has 108 valence electrons. The van der Waals surface area contributed by atoms with Crippen molar-refractivity contribution in [1.82, 2.24) is 5.32 Å². The van der Waals surface area contributed by atoms with Crippen molar-refractivity contribution in [2.75, 3.05) is 0 Å². The maximum absolute atomic E-state index is 12.2. The fraction of sp³-hybridized carbons (Fsp3) is 0.688. The molecule has 3 fully saturated rings. The molecule has 2 N–H and O–H groups in total. The van der Waals surface area contributed by atoms with Crippen molar-refractivity contribution in [2.45, 2.75) is 69.1 Å². The second-order valence-electron chi connectivity index (χ2n) is 6.72. The molecule has 1 saturated carbocycles. The summed E-state index contributed by atoms with van der Waals surface area (Å²) in [7, 11) is 0. The molecule has 3 heterocycles. The van der Waals surface area contributed by atoms with Gasteiger partial charge in [-0.3, -0.25) is 4.79 Å². The van der Waals surface area contributed by atoms with Gasteiger partial charge in [0.05, 0.1) is 23.0 Å². The minimum absolute atomic E-state index is 0.137. The quantitative estimate of drug-likeness (QED) is 0.871. The van der Waals surface area contributed by atoms with Crippen molar-refractivity contribution in [3.63, 3.8) is 0 Å². The van der Waals surface area contributed by atoms with E-state index in [0.717, 1.165) is 23.0 Å². The van der Waals surface area contributed by atoms with E-state index in [1.165, 1.54) is 56.3 Å². The van der Waals surface area contributed by atoms with E-state index in [2.05, 4.69) is 5.32 Å². The number of hydrogen-bond acceptors (Lipinski definition) is 2. The molecular formula is C16H23N2OS+. The van der Waals surface area contributed by atoms with Crippen LogP contribution < -0.4 is 10.2 Å². The molecule has 4 rings (SSSR count). The molecule has 1 aromatic heterocycles. The van der Waals surface area contributed by atoms with Crippen LogP contribution in [0.1, 0.15) is 54.6 Å². The van der Waals surface area contributed by atoms with E-state index in [1.807, 2.05) is 22.4 Å². The van der Waals surface area contributed by atoms with Crippen LogP contribution in [0.5, 0.6) is 0 Å². The van der Waals surface area contributed by atoms with Crippen molar-refractivity contribution < 1.29 is 9.69 Å². The molecule has 3 nitrogen and oxygen atoms in total. The standard InChI is InChI=1S/C16H22N2OS/c19-16(15-5-2-8-20-15)17-11-9-13-3-1-4-14(10-11)18(13)12-6-7-12/h2,5,8,11-14H,1,3-4,6-7,9-10H2,(H,17,19)/p+1/t11?,13-,14+. The summed E-state index contributed by atoms with van der Waals surface area (Å²) in [5.41, 5.74) is 0. The highest BCUT2D eigenvalue weighted by atomic mass is 32.1. The molecule has 0 aromatic carbocycles. The SMILES string of the molecule is O=C(NC1C[C@H]2CCC[C@@H](C1)[NH+]2C1CC1)c1cccs1. The number of quaternary nitrogens is 1. The Bertz CT molecular complexity index is 469. The fourth-order valence-corrected chi connectivity index (χ4v) is 5.06. The summed E-state index contributed by atoms with van der Waals surface area (Å²) in [6.07, 6.45) is 9.40. The van der Waals surface area contributed by atoms with Gasteiger partial charge in [0.15, 0.2) is 0 Å². The number of hydrogen-bond donors (Lipinski definition) is 2. The van der Waals surface area contributed by atoms with Crippen molar-refractivity contribution in [3.05, 3.63) is 22.4 Å². The van der Waals surface area contributed by atoms with Gasteiger partial charge in [-0.2, -0.15) is 0 Å². The summed E-state index contributed by atoms with van der Waals surface area (Å²) >= 11 is 1.54. The Morgan fingerprint density at radius 3 is 2.50 bits per heavy atom. The average Bonchev–Trinajstić information content (AvgIpc) is 3.11. The zero-order valence-corrected chi connectivity index (χ0v) is 12.6. The number of nitrogens with one attached hydrogen (secondary N) is 2. The molecule has 4 heteroatoms. The van der Waals surface area contributed by atoms with Crippen LogP contribution in [0, 0.1) is 0 Å².